The van der Waals surface area contributed by atoms with Gasteiger partial charge in [0.25, 0.3) is 0 Å². The van der Waals surface area contributed by atoms with E-state index in [0.717, 1.165) is 0 Å². The molecule has 0 aromatic heterocycles. The van der Waals surface area contributed by atoms with E-state index in [0.29, 0.717) is 6.61 Å². The third-order valence-corrected chi connectivity index (χ3v) is 1.17. The molecule has 0 fully saturated rings. The molecule has 0 heterocycles. The maximum atomic E-state index is 10.7. The number of hydrogen-bond donors (Lipinski definition) is 2. The van der Waals surface area contributed by atoms with Gasteiger partial charge in [0, 0.05) is 6.61 Å². The molecule has 0 aliphatic heterocycles. The first-order valence-corrected chi connectivity index (χ1v) is 3.65. The highest BCUT2D eigenvalue weighted by molar-refractivity contribution is 5.69. The van der Waals surface area contributed by atoms with Crippen LogP contribution in [0.1, 0.15) is 19.8 Å². The Hall–Kier alpha value is -0.610. The minimum absolute atomic E-state index is 0.0333. The highest BCUT2D eigenvalue weighted by Crippen LogP contribution is 1.98. The molecule has 4 nitrogen and oxygen atoms in total. The third kappa shape index (κ3) is 5.82. The fourth-order valence-corrected chi connectivity index (χ4v) is 0.663. The van der Waals surface area contributed by atoms with Crippen LogP contribution in [0.3, 0.4) is 0 Å². The maximum absolute atomic E-state index is 10.7. The number of aliphatic hydroxyl groups is 2. The molecule has 0 aliphatic rings. The highest BCUT2D eigenvalue weighted by Gasteiger charge is 2.09. The first-order chi connectivity index (χ1) is 5.20. The second-order valence-corrected chi connectivity index (χ2v) is 2.18. The Kier molecular flexibility index (Phi) is 5.78. The van der Waals surface area contributed by atoms with Crippen molar-refractivity contribution >= 4 is 5.97 Å². The zero-order valence-corrected chi connectivity index (χ0v) is 6.62. The third-order valence-electron chi connectivity index (χ3n) is 1.17. The Morgan fingerprint density at radius 1 is 1.64 bits per heavy atom. The molecule has 0 spiro atoms. The molecule has 11 heavy (non-hydrogen) atoms. The van der Waals surface area contributed by atoms with Gasteiger partial charge in [0.1, 0.15) is 0 Å². The maximum Gasteiger partial charge on any atom is 0.308 e. The summed E-state index contributed by atoms with van der Waals surface area (Å²) >= 11 is 0. The summed E-state index contributed by atoms with van der Waals surface area (Å²) in [5, 5.41) is 17.4. The molecule has 0 unspecified atom stereocenters. The molecule has 0 saturated heterocycles. The summed E-state index contributed by atoms with van der Waals surface area (Å²) in [5.74, 6) is -0.423. The van der Waals surface area contributed by atoms with Crippen LogP contribution >= 0.6 is 0 Å². The predicted octanol–water partition coefficient (Wildman–Crippen LogP) is -0.317. The van der Waals surface area contributed by atoms with Crippen LogP contribution in [0.5, 0.6) is 0 Å². The number of hydrogen-bond acceptors (Lipinski definition) is 4. The van der Waals surface area contributed by atoms with E-state index in [1.54, 1.807) is 6.92 Å². The van der Waals surface area contributed by atoms with Crippen molar-refractivity contribution in [1.29, 1.82) is 0 Å². The number of carbonyl (C=O) groups is 1. The Morgan fingerprint density at radius 2 is 2.27 bits per heavy atom. The van der Waals surface area contributed by atoms with Gasteiger partial charge in [0.15, 0.2) is 0 Å². The quantitative estimate of drug-likeness (QED) is 0.544. The van der Waals surface area contributed by atoms with Crippen molar-refractivity contribution in [3.8, 4) is 0 Å². The van der Waals surface area contributed by atoms with Crippen LogP contribution in [0.2, 0.25) is 0 Å². The predicted molar refractivity (Wildman–Crippen MR) is 39.0 cm³/mol. The molecule has 0 radical (unpaired) electrons. The fourth-order valence-electron chi connectivity index (χ4n) is 0.663. The molecule has 66 valence electrons. The summed E-state index contributed by atoms with van der Waals surface area (Å²) in [6.45, 7) is 1.92. The molecule has 0 amide bonds. The van der Waals surface area contributed by atoms with Gasteiger partial charge in [-0.05, 0) is 13.3 Å². The zero-order chi connectivity index (χ0) is 8.69. The average Bonchev–Trinajstić information content (AvgIpc) is 1.87. The molecule has 0 bridgehead atoms. The van der Waals surface area contributed by atoms with Gasteiger partial charge in [-0.1, -0.05) is 0 Å². The topological polar surface area (TPSA) is 66.8 Å². The smallest absolute Gasteiger partial charge is 0.308 e. The molecule has 2 N–H and O–H groups in total. The lowest BCUT2D eigenvalue weighted by molar-refractivity contribution is -0.145. The largest absolute Gasteiger partial charge is 0.466 e. The molecular formula is C7H14O4. The lowest BCUT2D eigenvalue weighted by Gasteiger charge is -2.06. The molecule has 0 saturated carbocycles. The van der Waals surface area contributed by atoms with Gasteiger partial charge in [-0.15, -0.1) is 0 Å². The first kappa shape index (κ1) is 10.4. The van der Waals surface area contributed by atoms with Gasteiger partial charge in [-0.2, -0.15) is 0 Å². The second-order valence-electron chi connectivity index (χ2n) is 2.18. The Balaban J connectivity index is 3.40. The Morgan fingerprint density at radius 3 is 2.73 bits per heavy atom. The number of ether oxygens (including phenoxy) is 1. The Labute approximate surface area is 65.8 Å². The highest BCUT2D eigenvalue weighted by atomic mass is 16.5. The van der Waals surface area contributed by atoms with E-state index < -0.39 is 12.1 Å². The van der Waals surface area contributed by atoms with E-state index in [4.69, 9.17) is 10.2 Å². The van der Waals surface area contributed by atoms with E-state index in [1.807, 2.05) is 0 Å². The fraction of sp³-hybridized carbons (Fsp3) is 0.857. The standard InChI is InChI=1S/C7H14O4/c1-2-11-7(10)5-6(9)3-4-8/h6,8-9H,2-5H2,1H3/t6-/m0/s1. The van der Waals surface area contributed by atoms with Gasteiger partial charge in [0.2, 0.25) is 0 Å². The van der Waals surface area contributed by atoms with E-state index in [9.17, 15) is 4.79 Å². The number of carbonyl (C=O) groups excluding carboxylic acids is 1. The van der Waals surface area contributed by atoms with Gasteiger partial charge in [-0.25, -0.2) is 0 Å². The molecule has 0 rings (SSSR count). The van der Waals surface area contributed by atoms with Crippen LogP contribution in [0, 0.1) is 0 Å². The van der Waals surface area contributed by atoms with Crippen LogP contribution in [0.25, 0.3) is 0 Å². The SMILES string of the molecule is CCOC(=O)C[C@@H](O)CCO. The van der Waals surface area contributed by atoms with Crippen molar-refractivity contribution < 1.29 is 19.7 Å². The number of rotatable bonds is 5. The zero-order valence-electron chi connectivity index (χ0n) is 6.62. The number of esters is 1. The molecule has 4 heteroatoms. The lowest BCUT2D eigenvalue weighted by atomic mass is 10.2. The van der Waals surface area contributed by atoms with Gasteiger partial charge in [0.05, 0.1) is 19.1 Å². The summed E-state index contributed by atoms with van der Waals surface area (Å²) in [6.07, 6.45) is -0.591. The second kappa shape index (κ2) is 6.12. The summed E-state index contributed by atoms with van der Waals surface area (Å²) in [7, 11) is 0. The molecule has 0 aliphatic carbocycles. The number of aliphatic hydroxyl groups excluding tert-OH is 2. The summed E-state index contributed by atoms with van der Waals surface area (Å²) in [4.78, 5) is 10.7. The first-order valence-electron chi connectivity index (χ1n) is 3.65. The van der Waals surface area contributed by atoms with Crippen LogP contribution < -0.4 is 0 Å². The van der Waals surface area contributed by atoms with Gasteiger partial charge in [-0.3, -0.25) is 4.79 Å². The minimum atomic E-state index is -0.779. The van der Waals surface area contributed by atoms with Crippen LogP contribution in [-0.2, 0) is 9.53 Å². The van der Waals surface area contributed by atoms with Crippen molar-refractivity contribution in [2.24, 2.45) is 0 Å². The van der Waals surface area contributed by atoms with Crippen molar-refractivity contribution in [2.75, 3.05) is 13.2 Å². The average molecular weight is 162 g/mol. The summed E-state index contributed by atoms with van der Waals surface area (Å²) in [6, 6.07) is 0. The summed E-state index contributed by atoms with van der Waals surface area (Å²) in [5.41, 5.74) is 0. The van der Waals surface area contributed by atoms with Gasteiger partial charge < -0.3 is 14.9 Å². The van der Waals surface area contributed by atoms with Crippen LogP contribution in [-0.4, -0.2) is 35.5 Å². The van der Waals surface area contributed by atoms with Crippen molar-refractivity contribution in [3.63, 3.8) is 0 Å². The molecule has 0 aromatic carbocycles. The summed E-state index contributed by atoms with van der Waals surface area (Å²) < 4.78 is 4.58. The Bertz CT molecular complexity index is 113. The van der Waals surface area contributed by atoms with Crippen molar-refractivity contribution in [3.05, 3.63) is 0 Å². The van der Waals surface area contributed by atoms with Crippen LogP contribution in [0.15, 0.2) is 0 Å². The normalized spacial score (nSPS) is 12.6. The van der Waals surface area contributed by atoms with Gasteiger partial charge >= 0.3 is 5.97 Å². The van der Waals surface area contributed by atoms with E-state index in [1.165, 1.54) is 0 Å². The van der Waals surface area contributed by atoms with E-state index in [2.05, 4.69) is 4.74 Å². The van der Waals surface area contributed by atoms with Crippen molar-refractivity contribution in [1.82, 2.24) is 0 Å². The van der Waals surface area contributed by atoms with Crippen LogP contribution in [0.4, 0.5) is 0 Å². The monoisotopic (exact) mass is 162 g/mol. The minimum Gasteiger partial charge on any atom is -0.466 e. The molecule has 0 aromatic rings. The van der Waals surface area contributed by atoms with E-state index in [-0.39, 0.29) is 19.4 Å². The van der Waals surface area contributed by atoms with E-state index >= 15 is 0 Å². The molecular weight excluding hydrogens is 148 g/mol. The molecule has 1 atom stereocenters. The lowest BCUT2D eigenvalue weighted by Crippen LogP contribution is -2.16. The van der Waals surface area contributed by atoms with Crippen molar-refractivity contribution in [2.45, 2.75) is 25.9 Å².